The van der Waals surface area contributed by atoms with Crippen molar-refractivity contribution in [3.8, 4) is 22.4 Å². The molecule has 0 atom stereocenters. The van der Waals surface area contributed by atoms with Crippen LogP contribution in [0.15, 0.2) is 90.0 Å². The first-order chi connectivity index (χ1) is 16.5. The Morgan fingerprint density at radius 1 is 1.03 bits per heavy atom. The number of carbonyl (C=O) groups is 1. The molecular formula is C27H21FN4O2. The summed E-state index contributed by atoms with van der Waals surface area (Å²) in [5, 5.41) is 3.41. The number of hydrogen-bond acceptors (Lipinski definition) is 3. The zero-order valence-corrected chi connectivity index (χ0v) is 18.4. The number of anilines is 1. The first-order valence-electron chi connectivity index (χ1n) is 10.8. The Labute approximate surface area is 194 Å². The molecule has 0 radical (unpaired) electrons. The standard InChI is InChI=1S/C27H21FN4O2/c1-32-14-12-21-25(27(32)34)24(18-5-3-2-4-6-18)26(30-21)19-11-13-29-22(16-19)31-23(33)15-17-7-9-20(28)10-8-17/h2-14,16,30H,15H2,1H3,(H,29,31,33). The minimum absolute atomic E-state index is 0.0965. The van der Waals surface area contributed by atoms with Gasteiger partial charge >= 0.3 is 0 Å². The molecule has 0 saturated carbocycles. The van der Waals surface area contributed by atoms with Crippen LogP contribution in [0.3, 0.4) is 0 Å². The molecule has 0 spiro atoms. The molecule has 34 heavy (non-hydrogen) atoms. The second-order valence-corrected chi connectivity index (χ2v) is 8.04. The third-order valence-electron chi connectivity index (χ3n) is 5.68. The lowest BCUT2D eigenvalue weighted by atomic mass is 9.99. The first-order valence-corrected chi connectivity index (χ1v) is 10.8. The summed E-state index contributed by atoms with van der Waals surface area (Å²) in [7, 11) is 1.73. The summed E-state index contributed by atoms with van der Waals surface area (Å²) in [5.74, 6) is -0.221. The van der Waals surface area contributed by atoms with Crippen molar-refractivity contribution in [2.45, 2.75) is 6.42 Å². The number of halogens is 1. The van der Waals surface area contributed by atoms with Gasteiger partial charge in [-0.15, -0.1) is 0 Å². The van der Waals surface area contributed by atoms with Crippen molar-refractivity contribution in [1.82, 2.24) is 14.5 Å². The summed E-state index contributed by atoms with van der Waals surface area (Å²) in [6.07, 6.45) is 3.44. The van der Waals surface area contributed by atoms with E-state index in [4.69, 9.17) is 0 Å². The number of hydrogen-bond donors (Lipinski definition) is 2. The number of H-pyrrole nitrogens is 1. The molecule has 0 bridgehead atoms. The maximum absolute atomic E-state index is 13.1. The number of rotatable bonds is 5. The maximum atomic E-state index is 13.1. The monoisotopic (exact) mass is 452 g/mol. The molecule has 0 fully saturated rings. The second kappa shape index (κ2) is 8.78. The molecular weight excluding hydrogens is 431 g/mol. The Bertz CT molecular complexity index is 1550. The van der Waals surface area contributed by atoms with Gasteiger partial charge in [-0.3, -0.25) is 9.59 Å². The van der Waals surface area contributed by atoms with Crippen LogP contribution in [-0.2, 0) is 18.3 Å². The van der Waals surface area contributed by atoms with E-state index in [1.165, 1.54) is 12.1 Å². The van der Waals surface area contributed by atoms with Gasteiger partial charge in [-0.1, -0.05) is 42.5 Å². The molecule has 3 heterocycles. The number of nitrogens with zero attached hydrogens (tertiary/aromatic N) is 2. The number of carbonyl (C=O) groups excluding carboxylic acids is 1. The summed E-state index contributed by atoms with van der Waals surface area (Å²) in [5.41, 5.74) is 4.59. The van der Waals surface area contributed by atoms with Gasteiger partial charge in [0.25, 0.3) is 5.56 Å². The van der Waals surface area contributed by atoms with Crippen LogP contribution in [0.1, 0.15) is 5.56 Å². The normalized spacial score (nSPS) is 11.0. The van der Waals surface area contributed by atoms with Crippen LogP contribution >= 0.6 is 0 Å². The van der Waals surface area contributed by atoms with Crippen LogP contribution < -0.4 is 10.9 Å². The van der Waals surface area contributed by atoms with Crippen molar-refractivity contribution < 1.29 is 9.18 Å². The molecule has 6 nitrogen and oxygen atoms in total. The van der Waals surface area contributed by atoms with Crippen LogP contribution in [-0.4, -0.2) is 20.4 Å². The SMILES string of the molecule is Cn1ccc2[nH]c(-c3ccnc(NC(=O)Cc4ccc(F)cc4)c3)c(-c3ccccc3)c2c1=O. The van der Waals surface area contributed by atoms with E-state index < -0.39 is 0 Å². The third kappa shape index (κ3) is 4.11. The quantitative estimate of drug-likeness (QED) is 0.397. The second-order valence-electron chi connectivity index (χ2n) is 8.04. The average molecular weight is 452 g/mol. The Kier molecular flexibility index (Phi) is 5.51. The summed E-state index contributed by atoms with van der Waals surface area (Å²) < 4.78 is 14.7. The highest BCUT2D eigenvalue weighted by molar-refractivity contribution is 6.03. The highest BCUT2D eigenvalue weighted by atomic mass is 19.1. The van der Waals surface area contributed by atoms with Crippen molar-refractivity contribution in [2.24, 2.45) is 7.05 Å². The van der Waals surface area contributed by atoms with Gasteiger partial charge in [-0.25, -0.2) is 9.37 Å². The van der Waals surface area contributed by atoms with Crippen LogP contribution in [0, 0.1) is 5.82 Å². The molecule has 0 aliphatic rings. The highest BCUT2D eigenvalue weighted by Crippen LogP contribution is 2.37. The lowest BCUT2D eigenvalue weighted by Gasteiger charge is -2.09. The molecule has 0 saturated heterocycles. The molecule has 0 unspecified atom stereocenters. The van der Waals surface area contributed by atoms with Gasteiger partial charge in [-0.2, -0.15) is 0 Å². The molecule has 2 aromatic carbocycles. The van der Waals surface area contributed by atoms with Crippen molar-refractivity contribution in [3.63, 3.8) is 0 Å². The highest BCUT2D eigenvalue weighted by Gasteiger charge is 2.19. The van der Waals surface area contributed by atoms with Gasteiger partial charge in [0.15, 0.2) is 0 Å². The Balaban J connectivity index is 1.54. The smallest absolute Gasteiger partial charge is 0.260 e. The van der Waals surface area contributed by atoms with Crippen molar-refractivity contribution in [3.05, 3.63) is 107 Å². The first kappa shape index (κ1) is 21.3. The van der Waals surface area contributed by atoms with E-state index in [0.717, 1.165) is 27.9 Å². The van der Waals surface area contributed by atoms with Crippen molar-refractivity contribution >= 4 is 22.6 Å². The van der Waals surface area contributed by atoms with Gasteiger partial charge < -0.3 is 14.9 Å². The molecule has 0 aliphatic heterocycles. The molecule has 5 rings (SSSR count). The molecule has 168 valence electrons. The number of aromatic nitrogens is 3. The third-order valence-corrected chi connectivity index (χ3v) is 5.68. The number of pyridine rings is 2. The van der Waals surface area contributed by atoms with E-state index in [9.17, 15) is 14.0 Å². The Morgan fingerprint density at radius 3 is 2.56 bits per heavy atom. The van der Waals surface area contributed by atoms with Crippen LogP contribution in [0.5, 0.6) is 0 Å². The Hall–Kier alpha value is -4.52. The summed E-state index contributed by atoms with van der Waals surface area (Å²) in [4.78, 5) is 33.2. The molecule has 3 aromatic heterocycles. The van der Waals surface area contributed by atoms with Gasteiger partial charge in [-0.05, 0) is 41.5 Å². The van der Waals surface area contributed by atoms with Gasteiger partial charge in [0.05, 0.1) is 23.0 Å². The fourth-order valence-electron chi connectivity index (χ4n) is 4.04. The van der Waals surface area contributed by atoms with Crippen LogP contribution in [0.4, 0.5) is 10.2 Å². The molecule has 5 aromatic rings. The number of amides is 1. The van der Waals surface area contributed by atoms with E-state index in [2.05, 4.69) is 15.3 Å². The fourth-order valence-corrected chi connectivity index (χ4v) is 4.04. The summed E-state index contributed by atoms with van der Waals surface area (Å²) >= 11 is 0. The molecule has 0 aliphatic carbocycles. The van der Waals surface area contributed by atoms with E-state index in [1.807, 2.05) is 42.5 Å². The minimum Gasteiger partial charge on any atom is -0.354 e. The topological polar surface area (TPSA) is 79.8 Å². The zero-order valence-electron chi connectivity index (χ0n) is 18.4. The number of benzene rings is 2. The lowest BCUT2D eigenvalue weighted by molar-refractivity contribution is -0.115. The van der Waals surface area contributed by atoms with Gasteiger partial charge in [0.2, 0.25) is 5.91 Å². The van der Waals surface area contributed by atoms with Crippen molar-refractivity contribution in [1.29, 1.82) is 0 Å². The van der Waals surface area contributed by atoms with E-state index in [-0.39, 0.29) is 23.7 Å². The van der Waals surface area contributed by atoms with E-state index in [1.54, 1.807) is 42.2 Å². The number of aromatic amines is 1. The Morgan fingerprint density at radius 2 is 1.79 bits per heavy atom. The number of fused-ring (bicyclic) bond motifs is 1. The molecule has 7 heteroatoms. The van der Waals surface area contributed by atoms with Crippen molar-refractivity contribution in [2.75, 3.05) is 5.32 Å². The predicted molar refractivity (Wildman–Crippen MR) is 131 cm³/mol. The van der Waals surface area contributed by atoms with E-state index in [0.29, 0.717) is 16.8 Å². The van der Waals surface area contributed by atoms with Gasteiger partial charge in [0, 0.05) is 30.6 Å². The van der Waals surface area contributed by atoms with Crippen LogP contribution in [0.25, 0.3) is 33.3 Å². The summed E-state index contributed by atoms with van der Waals surface area (Å²) in [6, 6.07) is 21.0. The average Bonchev–Trinajstić information content (AvgIpc) is 3.24. The predicted octanol–water partition coefficient (Wildman–Crippen LogP) is 4.92. The fraction of sp³-hybridized carbons (Fsp3) is 0.0741. The van der Waals surface area contributed by atoms with Crippen LogP contribution in [0.2, 0.25) is 0 Å². The zero-order chi connectivity index (χ0) is 23.7. The van der Waals surface area contributed by atoms with E-state index >= 15 is 0 Å². The largest absolute Gasteiger partial charge is 0.354 e. The lowest BCUT2D eigenvalue weighted by Crippen LogP contribution is -2.15. The molecule has 1 amide bonds. The maximum Gasteiger partial charge on any atom is 0.260 e. The molecule has 2 N–H and O–H groups in total. The van der Waals surface area contributed by atoms with Gasteiger partial charge in [0.1, 0.15) is 11.6 Å². The number of aryl methyl sites for hydroxylation is 1. The minimum atomic E-state index is -0.346. The number of nitrogens with one attached hydrogen (secondary N) is 2. The summed E-state index contributed by atoms with van der Waals surface area (Å²) in [6.45, 7) is 0.